The molecule has 3 amide bonds. The number of nitrogens with zero attached hydrogens (tertiary/aromatic N) is 1. The Kier molecular flexibility index (Phi) is 5.90. The number of benzene rings is 2. The fourth-order valence-corrected chi connectivity index (χ4v) is 4.97. The Bertz CT molecular complexity index is 955. The van der Waals surface area contributed by atoms with Crippen LogP contribution in [0.3, 0.4) is 0 Å². The Hall–Kier alpha value is -2.67. The first-order valence-corrected chi connectivity index (χ1v) is 11.1. The van der Waals surface area contributed by atoms with E-state index in [1.54, 1.807) is 30.3 Å². The Balaban J connectivity index is 1.50. The van der Waals surface area contributed by atoms with Crippen LogP contribution in [-0.4, -0.2) is 27.7 Å². The van der Waals surface area contributed by atoms with E-state index in [2.05, 4.69) is 5.32 Å². The molecule has 0 atom stereocenters. The number of rotatable bonds is 5. The van der Waals surface area contributed by atoms with E-state index in [9.17, 15) is 18.8 Å². The first-order valence-electron chi connectivity index (χ1n) is 10.1. The predicted octanol–water partition coefficient (Wildman–Crippen LogP) is 4.86. The highest BCUT2D eigenvalue weighted by Crippen LogP contribution is 2.40. The number of halogens is 1. The summed E-state index contributed by atoms with van der Waals surface area (Å²) in [5.74, 6) is -0.452. The van der Waals surface area contributed by atoms with Crippen molar-refractivity contribution in [3.63, 3.8) is 0 Å². The predicted molar refractivity (Wildman–Crippen MR) is 115 cm³/mol. The third-order valence-electron chi connectivity index (χ3n) is 5.91. The molecule has 2 aliphatic rings. The van der Waals surface area contributed by atoms with E-state index in [0.717, 1.165) is 42.2 Å². The molecule has 2 aromatic rings. The fourth-order valence-electron chi connectivity index (χ4n) is 4.25. The lowest BCUT2D eigenvalue weighted by Crippen LogP contribution is -2.42. The molecule has 7 heteroatoms. The maximum absolute atomic E-state index is 13.9. The maximum Gasteiger partial charge on any atom is 0.289 e. The summed E-state index contributed by atoms with van der Waals surface area (Å²) in [6, 6.07) is 13.5. The van der Waals surface area contributed by atoms with E-state index >= 15 is 0 Å². The second-order valence-corrected chi connectivity index (χ2v) is 8.77. The van der Waals surface area contributed by atoms with Gasteiger partial charge in [0, 0.05) is 5.69 Å². The van der Waals surface area contributed by atoms with Gasteiger partial charge in [-0.05, 0) is 48.2 Å². The number of thioether (sulfide) groups is 1. The van der Waals surface area contributed by atoms with Gasteiger partial charge >= 0.3 is 0 Å². The van der Waals surface area contributed by atoms with Gasteiger partial charge in [0.2, 0.25) is 11.8 Å². The van der Waals surface area contributed by atoms with Crippen molar-refractivity contribution < 1.29 is 18.8 Å². The zero-order chi connectivity index (χ0) is 21.1. The van der Waals surface area contributed by atoms with E-state index in [1.165, 1.54) is 17.0 Å². The van der Waals surface area contributed by atoms with E-state index < -0.39 is 5.41 Å². The lowest BCUT2D eigenvalue weighted by atomic mass is 9.68. The van der Waals surface area contributed by atoms with E-state index in [-0.39, 0.29) is 35.2 Å². The summed E-state index contributed by atoms with van der Waals surface area (Å²) in [7, 11) is 0. The van der Waals surface area contributed by atoms with Crippen molar-refractivity contribution in [2.24, 2.45) is 0 Å². The average molecular weight is 427 g/mol. The van der Waals surface area contributed by atoms with Crippen molar-refractivity contribution in [3.05, 3.63) is 65.5 Å². The number of nitrogens with one attached hydrogen (secondary N) is 1. The molecule has 1 aliphatic carbocycles. The highest BCUT2D eigenvalue weighted by atomic mass is 32.2. The molecule has 0 aromatic heterocycles. The van der Waals surface area contributed by atoms with E-state index in [4.69, 9.17) is 0 Å². The van der Waals surface area contributed by atoms with Gasteiger partial charge < -0.3 is 5.32 Å². The minimum absolute atomic E-state index is 0.123. The first-order chi connectivity index (χ1) is 14.5. The van der Waals surface area contributed by atoms with Crippen molar-refractivity contribution in [2.45, 2.75) is 44.1 Å². The van der Waals surface area contributed by atoms with Gasteiger partial charge in [-0.2, -0.15) is 0 Å². The average Bonchev–Trinajstić information content (AvgIpc) is 3.07. The standard InChI is InChI=1S/C23H23FN2O3S/c24-18-6-4-5-17(13-18)23(11-2-1-3-12-23)21(28)25-19-9-7-16(8-10-19)14-26-20(27)15-30-22(26)29/h4-10,13H,1-3,11-12,14-15H2,(H,25,28). The lowest BCUT2D eigenvalue weighted by Gasteiger charge is -2.36. The van der Waals surface area contributed by atoms with Crippen LogP contribution in [0.15, 0.2) is 48.5 Å². The Morgan fingerprint density at radius 1 is 1.07 bits per heavy atom. The summed E-state index contributed by atoms with van der Waals surface area (Å²) in [4.78, 5) is 38.1. The molecule has 0 spiro atoms. The molecule has 5 nitrogen and oxygen atoms in total. The van der Waals surface area contributed by atoms with Gasteiger partial charge in [0.25, 0.3) is 5.24 Å². The molecule has 1 heterocycles. The van der Waals surface area contributed by atoms with Crippen molar-refractivity contribution in [3.8, 4) is 0 Å². The number of imide groups is 1. The summed E-state index contributed by atoms with van der Waals surface area (Å²) < 4.78 is 13.9. The lowest BCUT2D eigenvalue weighted by molar-refractivity contribution is -0.125. The van der Waals surface area contributed by atoms with Gasteiger partial charge in [-0.3, -0.25) is 19.3 Å². The Morgan fingerprint density at radius 3 is 2.43 bits per heavy atom. The van der Waals surface area contributed by atoms with Crippen LogP contribution in [0.5, 0.6) is 0 Å². The summed E-state index contributed by atoms with van der Waals surface area (Å²) in [5, 5.41) is 2.77. The van der Waals surface area contributed by atoms with Crippen molar-refractivity contribution in [1.29, 1.82) is 0 Å². The van der Waals surface area contributed by atoms with Gasteiger partial charge in [-0.15, -0.1) is 0 Å². The third kappa shape index (κ3) is 4.12. The van der Waals surface area contributed by atoms with Crippen LogP contribution >= 0.6 is 11.8 Å². The number of carbonyl (C=O) groups is 3. The van der Waals surface area contributed by atoms with Crippen LogP contribution in [0, 0.1) is 5.82 Å². The zero-order valence-electron chi connectivity index (χ0n) is 16.5. The van der Waals surface area contributed by atoms with Crippen LogP contribution < -0.4 is 5.32 Å². The normalized spacial score (nSPS) is 18.5. The largest absolute Gasteiger partial charge is 0.325 e. The molecule has 1 aliphatic heterocycles. The van der Waals surface area contributed by atoms with E-state index in [1.807, 2.05) is 6.07 Å². The summed E-state index contributed by atoms with van der Waals surface area (Å²) in [5.41, 5.74) is 1.44. The van der Waals surface area contributed by atoms with Crippen molar-refractivity contribution >= 4 is 34.5 Å². The van der Waals surface area contributed by atoms with Gasteiger partial charge in [0.05, 0.1) is 17.7 Å². The maximum atomic E-state index is 13.9. The first kappa shape index (κ1) is 20.6. The highest BCUT2D eigenvalue weighted by Gasteiger charge is 2.41. The zero-order valence-corrected chi connectivity index (χ0v) is 17.3. The molecule has 2 aromatic carbocycles. The number of carbonyl (C=O) groups excluding carboxylic acids is 3. The quantitative estimate of drug-likeness (QED) is 0.741. The molecule has 0 radical (unpaired) electrons. The molecule has 1 N–H and O–H groups in total. The van der Waals surface area contributed by atoms with Crippen molar-refractivity contribution in [1.82, 2.24) is 4.90 Å². The molecular weight excluding hydrogens is 403 g/mol. The summed E-state index contributed by atoms with van der Waals surface area (Å²) in [6.07, 6.45) is 4.32. The number of hydrogen-bond donors (Lipinski definition) is 1. The van der Waals surface area contributed by atoms with Gasteiger partial charge in [-0.1, -0.05) is 55.3 Å². The monoisotopic (exact) mass is 426 g/mol. The van der Waals surface area contributed by atoms with Gasteiger partial charge in [0.1, 0.15) is 5.82 Å². The molecule has 4 rings (SSSR count). The van der Waals surface area contributed by atoms with Crippen LogP contribution in [0.2, 0.25) is 0 Å². The molecule has 2 fully saturated rings. The highest BCUT2D eigenvalue weighted by molar-refractivity contribution is 8.14. The molecule has 156 valence electrons. The van der Waals surface area contributed by atoms with Crippen molar-refractivity contribution in [2.75, 3.05) is 11.1 Å². The summed E-state index contributed by atoms with van der Waals surface area (Å²) >= 11 is 1.01. The Labute approximate surface area is 179 Å². The SMILES string of the molecule is O=C1CSC(=O)N1Cc1ccc(NC(=O)C2(c3cccc(F)c3)CCCCC2)cc1. The summed E-state index contributed by atoms with van der Waals surface area (Å²) in [6.45, 7) is 0.228. The second-order valence-electron chi connectivity index (χ2n) is 7.84. The third-order valence-corrected chi connectivity index (χ3v) is 6.77. The smallest absolute Gasteiger partial charge is 0.289 e. The number of amides is 3. The minimum atomic E-state index is -0.732. The van der Waals surface area contributed by atoms with Gasteiger partial charge in [0.15, 0.2) is 0 Å². The van der Waals surface area contributed by atoms with Gasteiger partial charge in [-0.25, -0.2) is 4.39 Å². The number of hydrogen-bond acceptors (Lipinski definition) is 4. The van der Waals surface area contributed by atoms with Crippen LogP contribution in [0.4, 0.5) is 14.9 Å². The van der Waals surface area contributed by atoms with Crippen LogP contribution in [0.1, 0.15) is 43.2 Å². The molecule has 0 unspecified atom stereocenters. The molecule has 0 bridgehead atoms. The minimum Gasteiger partial charge on any atom is -0.325 e. The second kappa shape index (κ2) is 8.60. The topological polar surface area (TPSA) is 66.5 Å². The molecular formula is C23H23FN2O3S. The molecule has 1 saturated carbocycles. The van der Waals surface area contributed by atoms with E-state index in [0.29, 0.717) is 18.5 Å². The fraction of sp³-hybridized carbons (Fsp3) is 0.348. The van der Waals surface area contributed by atoms with Crippen LogP contribution in [0.25, 0.3) is 0 Å². The molecule has 1 saturated heterocycles. The van der Waals surface area contributed by atoms with Crippen LogP contribution in [-0.2, 0) is 21.5 Å². The molecule has 30 heavy (non-hydrogen) atoms. The number of anilines is 1. The Morgan fingerprint density at radius 2 is 1.80 bits per heavy atom.